The summed E-state index contributed by atoms with van der Waals surface area (Å²) in [5, 5.41) is 3.19. The lowest BCUT2D eigenvalue weighted by atomic mass is 10.1. The zero-order valence-corrected chi connectivity index (χ0v) is 8.62. The summed E-state index contributed by atoms with van der Waals surface area (Å²) < 4.78 is 0. The van der Waals surface area contributed by atoms with Crippen LogP contribution in [0.1, 0.15) is 5.56 Å². The number of rotatable bonds is 2. The predicted octanol–water partition coefficient (Wildman–Crippen LogP) is 1.42. The van der Waals surface area contributed by atoms with Crippen molar-refractivity contribution in [2.45, 2.75) is 0 Å². The van der Waals surface area contributed by atoms with Gasteiger partial charge >= 0.3 is 0 Å². The number of anilines is 1. The molecule has 0 aromatic heterocycles. The Morgan fingerprint density at radius 3 is 2.79 bits per heavy atom. The van der Waals surface area contributed by atoms with Gasteiger partial charge in [-0.2, -0.15) is 0 Å². The van der Waals surface area contributed by atoms with Crippen LogP contribution >= 0.6 is 0 Å². The van der Waals surface area contributed by atoms with Gasteiger partial charge in [-0.25, -0.2) is 0 Å². The van der Waals surface area contributed by atoms with Crippen LogP contribution in [0.15, 0.2) is 29.3 Å². The van der Waals surface area contributed by atoms with Crippen LogP contribution in [0.25, 0.3) is 0 Å². The summed E-state index contributed by atoms with van der Waals surface area (Å²) in [6.07, 6.45) is 0. The molecule has 0 saturated heterocycles. The largest absolute Gasteiger partial charge is 0.388 e. The fourth-order valence-electron chi connectivity index (χ4n) is 1.72. The van der Waals surface area contributed by atoms with Crippen molar-refractivity contribution >= 4 is 11.5 Å². The van der Waals surface area contributed by atoms with Crippen LogP contribution < -0.4 is 5.32 Å². The van der Waals surface area contributed by atoms with Crippen LogP contribution in [0.5, 0.6) is 0 Å². The number of hydrogen-bond donors (Lipinski definition) is 1. The number of likely N-dealkylation sites (N-methyl/N-ethyl adjacent to an activating group) is 1. The van der Waals surface area contributed by atoms with E-state index in [1.54, 1.807) is 0 Å². The molecule has 3 heteroatoms. The zero-order valence-electron chi connectivity index (χ0n) is 8.62. The molecular formula is C11H15N3. The maximum absolute atomic E-state index is 4.50. The number of nitrogens with zero attached hydrogens (tertiary/aromatic N) is 2. The second-order valence-electron chi connectivity index (χ2n) is 3.42. The lowest BCUT2D eigenvalue weighted by Crippen LogP contribution is -2.24. The second-order valence-corrected chi connectivity index (χ2v) is 3.42. The molecule has 0 radical (unpaired) electrons. The molecule has 1 aliphatic rings. The van der Waals surface area contributed by atoms with Crippen molar-refractivity contribution in [3.8, 4) is 0 Å². The number of para-hydroxylation sites is 1. The summed E-state index contributed by atoms with van der Waals surface area (Å²) >= 11 is 0. The molecule has 0 unspecified atom stereocenters. The first-order valence-electron chi connectivity index (χ1n) is 4.85. The third kappa shape index (κ3) is 1.45. The summed E-state index contributed by atoms with van der Waals surface area (Å²) in [5.74, 6) is 1.09. The first-order valence-corrected chi connectivity index (χ1v) is 4.85. The highest BCUT2D eigenvalue weighted by Gasteiger charge is 2.16. The Hall–Kier alpha value is -1.51. The van der Waals surface area contributed by atoms with E-state index in [0.29, 0.717) is 0 Å². The fourth-order valence-corrected chi connectivity index (χ4v) is 1.72. The molecule has 1 aromatic carbocycles. The quantitative estimate of drug-likeness (QED) is 0.762. The minimum atomic E-state index is 0.907. The van der Waals surface area contributed by atoms with Gasteiger partial charge in [0.1, 0.15) is 5.84 Å². The van der Waals surface area contributed by atoms with Crippen LogP contribution in [-0.4, -0.2) is 37.9 Å². The first-order chi connectivity index (χ1) is 6.83. The Kier molecular flexibility index (Phi) is 2.39. The molecule has 1 heterocycles. The Morgan fingerprint density at radius 1 is 1.36 bits per heavy atom. The molecule has 0 saturated carbocycles. The van der Waals surface area contributed by atoms with Gasteiger partial charge in [-0.1, -0.05) is 12.1 Å². The van der Waals surface area contributed by atoms with E-state index in [0.717, 1.165) is 24.6 Å². The lowest BCUT2D eigenvalue weighted by molar-refractivity contribution is 0.557. The minimum absolute atomic E-state index is 0.907. The monoisotopic (exact) mass is 189 g/mol. The first kappa shape index (κ1) is 9.06. The number of aliphatic imine (C=N–C) groups is 1. The summed E-state index contributed by atoms with van der Waals surface area (Å²) in [6.45, 7) is 1.93. The molecule has 2 rings (SSSR count). The van der Waals surface area contributed by atoms with E-state index >= 15 is 0 Å². The third-order valence-corrected chi connectivity index (χ3v) is 2.50. The summed E-state index contributed by atoms with van der Waals surface area (Å²) in [5.41, 5.74) is 2.33. The topological polar surface area (TPSA) is 27.6 Å². The SMILES string of the molecule is CNc1ccccc1C1=NCCN1C. The van der Waals surface area contributed by atoms with Gasteiger partial charge in [0.05, 0.1) is 6.54 Å². The maximum atomic E-state index is 4.50. The molecule has 0 aliphatic carbocycles. The molecule has 14 heavy (non-hydrogen) atoms. The maximum Gasteiger partial charge on any atom is 0.132 e. The van der Waals surface area contributed by atoms with Crippen LogP contribution in [0, 0.1) is 0 Å². The van der Waals surface area contributed by atoms with Gasteiger partial charge in [0.2, 0.25) is 0 Å². The van der Waals surface area contributed by atoms with Crippen molar-refractivity contribution < 1.29 is 0 Å². The van der Waals surface area contributed by atoms with Crippen LogP contribution in [0.3, 0.4) is 0 Å². The van der Waals surface area contributed by atoms with Gasteiger partial charge in [0.25, 0.3) is 0 Å². The van der Waals surface area contributed by atoms with Crippen molar-refractivity contribution in [2.75, 3.05) is 32.5 Å². The molecule has 0 atom stereocenters. The molecule has 1 N–H and O–H groups in total. The Morgan fingerprint density at radius 2 is 2.14 bits per heavy atom. The normalized spacial score (nSPS) is 15.6. The zero-order chi connectivity index (χ0) is 9.97. The van der Waals surface area contributed by atoms with Gasteiger partial charge in [0, 0.05) is 31.9 Å². The van der Waals surface area contributed by atoms with Gasteiger partial charge in [-0.15, -0.1) is 0 Å². The summed E-state index contributed by atoms with van der Waals surface area (Å²) in [4.78, 5) is 6.69. The van der Waals surface area contributed by atoms with E-state index in [1.165, 1.54) is 5.56 Å². The smallest absolute Gasteiger partial charge is 0.132 e. The standard InChI is InChI=1S/C11H15N3/c1-12-10-6-4-3-5-9(10)11-13-7-8-14(11)2/h3-6,12H,7-8H2,1-2H3. The number of amidine groups is 1. The lowest BCUT2D eigenvalue weighted by Gasteiger charge is -2.16. The molecule has 0 spiro atoms. The minimum Gasteiger partial charge on any atom is -0.388 e. The molecule has 0 fully saturated rings. The van der Waals surface area contributed by atoms with E-state index < -0.39 is 0 Å². The summed E-state index contributed by atoms with van der Waals surface area (Å²) in [6, 6.07) is 8.26. The van der Waals surface area contributed by atoms with Crippen molar-refractivity contribution in [3.63, 3.8) is 0 Å². The molecule has 1 aromatic rings. The van der Waals surface area contributed by atoms with E-state index in [9.17, 15) is 0 Å². The predicted molar refractivity (Wildman–Crippen MR) is 60.0 cm³/mol. The van der Waals surface area contributed by atoms with E-state index in [2.05, 4.69) is 34.4 Å². The van der Waals surface area contributed by atoms with Gasteiger partial charge < -0.3 is 10.2 Å². The van der Waals surface area contributed by atoms with E-state index in [-0.39, 0.29) is 0 Å². The average Bonchev–Trinajstić information content (AvgIpc) is 2.64. The van der Waals surface area contributed by atoms with Gasteiger partial charge in [-0.3, -0.25) is 4.99 Å². The van der Waals surface area contributed by atoms with Crippen LogP contribution in [0.4, 0.5) is 5.69 Å². The second kappa shape index (κ2) is 3.70. The number of hydrogen-bond acceptors (Lipinski definition) is 3. The average molecular weight is 189 g/mol. The molecule has 0 amide bonds. The van der Waals surface area contributed by atoms with E-state index in [1.807, 2.05) is 19.2 Å². The highest BCUT2D eigenvalue weighted by molar-refractivity contribution is 6.04. The van der Waals surface area contributed by atoms with Gasteiger partial charge in [0.15, 0.2) is 0 Å². The molecule has 0 bridgehead atoms. The fraction of sp³-hybridized carbons (Fsp3) is 0.364. The highest BCUT2D eigenvalue weighted by Crippen LogP contribution is 2.18. The van der Waals surface area contributed by atoms with Crippen molar-refractivity contribution in [1.29, 1.82) is 0 Å². The van der Waals surface area contributed by atoms with Crippen molar-refractivity contribution in [3.05, 3.63) is 29.8 Å². The highest BCUT2D eigenvalue weighted by atomic mass is 15.2. The van der Waals surface area contributed by atoms with E-state index in [4.69, 9.17) is 0 Å². The Bertz CT molecular complexity index is 357. The van der Waals surface area contributed by atoms with Gasteiger partial charge in [-0.05, 0) is 12.1 Å². The Labute approximate surface area is 84.5 Å². The number of nitrogens with one attached hydrogen (secondary N) is 1. The van der Waals surface area contributed by atoms with Crippen molar-refractivity contribution in [2.24, 2.45) is 4.99 Å². The molecule has 1 aliphatic heterocycles. The van der Waals surface area contributed by atoms with Crippen LogP contribution in [-0.2, 0) is 0 Å². The Balaban J connectivity index is 2.40. The number of benzene rings is 1. The third-order valence-electron chi connectivity index (χ3n) is 2.50. The molecular weight excluding hydrogens is 174 g/mol. The summed E-state index contributed by atoms with van der Waals surface area (Å²) in [7, 11) is 4.02. The molecule has 74 valence electrons. The molecule has 3 nitrogen and oxygen atoms in total. The van der Waals surface area contributed by atoms with Crippen LogP contribution in [0.2, 0.25) is 0 Å². The van der Waals surface area contributed by atoms with Crippen molar-refractivity contribution in [1.82, 2.24) is 4.90 Å².